The van der Waals surface area contributed by atoms with Gasteiger partial charge in [-0.05, 0) is 37.0 Å². The van der Waals surface area contributed by atoms with Gasteiger partial charge < -0.3 is 10.1 Å². The first-order chi connectivity index (χ1) is 14.8. The molecule has 152 valence electrons. The van der Waals surface area contributed by atoms with Crippen LogP contribution in [0.3, 0.4) is 0 Å². The summed E-state index contributed by atoms with van der Waals surface area (Å²) in [6, 6.07) is 15.9. The maximum absolute atomic E-state index is 12.8. The summed E-state index contributed by atoms with van der Waals surface area (Å²) in [5, 5.41) is 2.94. The highest BCUT2D eigenvalue weighted by atomic mass is 16.5. The molecule has 1 aromatic carbocycles. The standard InChI is InChI=1S/C23H23N5O2/c1-30-23-27-20-14-19(18-11-7-12-24-15-18)16-26-21(20)28(23)22(29)25-13-6-5-10-17-8-3-2-4-9-17/h2-4,7-9,11-12,14-16H,5-6,10,13H2,1H3,(H,25,29). The predicted octanol–water partition coefficient (Wildman–Crippen LogP) is 4.08. The molecule has 0 saturated carbocycles. The maximum Gasteiger partial charge on any atom is 0.331 e. The number of aryl methyl sites for hydroxylation is 1. The van der Waals surface area contributed by atoms with Gasteiger partial charge in [0, 0.05) is 36.3 Å². The van der Waals surface area contributed by atoms with Crippen LogP contribution >= 0.6 is 0 Å². The molecule has 0 atom stereocenters. The van der Waals surface area contributed by atoms with Gasteiger partial charge in [0.15, 0.2) is 5.65 Å². The number of nitrogens with zero attached hydrogens (tertiary/aromatic N) is 4. The van der Waals surface area contributed by atoms with Gasteiger partial charge in [-0.15, -0.1) is 0 Å². The van der Waals surface area contributed by atoms with Gasteiger partial charge >= 0.3 is 12.0 Å². The zero-order valence-electron chi connectivity index (χ0n) is 16.8. The van der Waals surface area contributed by atoms with E-state index in [0.29, 0.717) is 17.7 Å². The third kappa shape index (κ3) is 4.30. The lowest BCUT2D eigenvalue weighted by molar-refractivity contribution is 0.238. The van der Waals surface area contributed by atoms with Crippen LogP contribution < -0.4 is 10.1 Å². The first-order valence-electron chi connectivity index (χ1n) is 9.91. The molecule has 3 heterocycles. The number of hydrogen-bond acceptors (Lipinski definition) is 5. The van der Waals surface area contributed by atoms with E-state index in [4.69, 9.17) is 4.74 Å². The summed E-state index contributed by atoms with van der Waals surface area (Å²) in [6.45, 7) is 0.572. The van der Waals surface area contributed by atoms with Gasteiger partial charge in [-0.1, -0.05) is 36.4 Å². The lowest BCUT2D eigenvalue weighted by atomic mass is 10.1. The van der Waals surface area contributed by atoms with Crippen molar-refractivity contribution in [2.75, 3.05) is 13.7 Å². The van der Waals surface area contributed by atoms with E-state index in [-0.39, 0.29) is 12.0 Å². The molecule has 0 aliphatic heterocycles. The average Bonchev–Trinajstić information content (AvgIpc) is 3.18. The smallest absolute Gasteiger partial charge is 0.331 e. The molecule has 0 unspecified atom stereocenters. The topological polar surface area (TPSA) is 81.9 Å². The number of imidazole rings is 1. The Kier molecular flexibility index (Phi) is 5.98. The Hall–Kier alpha value is -3.74. The molecule has 0 bridgehead atoms. The van der Waals surface area contributed by atoms with Crippen LogP contribution in [0, 0.1) is 0 Å². The van der Waals surface area contributed by atoms with Crippen molar-refractivity contribution >= 4 is 17.2 Å². The summed E-state index contributed by atoms with van der Waals surface area (Å²) < 4.78 is 6.70. The fraction of sp³-hybridized carbons (Fsp3) is 0.217. The van der Waals surface area contributed by atoms with Crippen molar-refractivity contribution in [1.82, 2.24) is 24.8 Å². The highest BCUT2D eigenvalue weighted by Gasteiger charge is 2.19. The Balaban J connectivity index is 1.44. The zero-order chi connectivity index (χ0) is 20.8. The van der Waals surface area contributed by atoms with Crippen LogP contribution in [-0.2, 0) is 6.42 Å². The monoisotopic (exact) mass is 401 g/mol. The van der Waals surface area contributed by atoms with Crippen molar-refractivity contribution in [3.63, 3.8) is 0 Å². The summed E-state index contributed by atoms with van der Waals surface area (Å²) in [6.07, 6.45) is 8.07. The molecule has 30 heavy (non-hydrogen) atoms. The molecule has 3 aromatic heterocycles. The molecular formula is C23H23N5O2. The number of ether oxygens (including phenoxy) is 1. The summed E-state index contributed by atoms with van der Waals surface area (Å²) >= 11 is 0. The van der Waals surface area contributed by atoms with Crippen LogP contribution in [0.25, 0.3) is 22.3 Å². The van der Waals surface area contributed by atoms with Crippen LogP contribution in [0.15, 0.2) is 67.1 Å². The quantitative estimate of drug-likeness (QED) is 0.472. The van der Waals surface area contributed by atoms with Crippen LogP contribution in [0.1, 0.15) is 18.4 Å². The average molecular weight is 401 g/mol. The van der Waals surface area contributed by atoms with E-state index < -0.39 is 0 Å². The number of hydrogen-bond donors (Lipinski definition) is 1. The number of nitrogens with one attached hydrogen (secondary N) is 1. The van der Waals surface area contributed by atoms with Gasteiger partial charge in [0.05, 0.1) is 7.11 Å². The summed E-state index contributed by atoms with van der Waals surface area (Å²) in [4.78, 5) is 25.8. The number of fused-ring (bicyclic) bond motifs is 1. The fourth-order valence-electron chi connectivity index (χ4n) is 3.33. The Bertz CT molecular complexity index is 1130. The largest absolute Gasteiger partial charge is 0.468 e. The number of carbonyl (C=O) groups excluding carboxylic acids is 1. The molecule has 0 radical (unpaired) electrons. The molecular weight excluding hydrogens is 378 g/mol. The highest BCUT2D eigenvalue weighted by Crippen LogP contribution is 2.24. The molecule has 0 spiro atoms. The van der Waals surface area contributed by atoms with E-state index in [9.17, 15) is 4.79 Å². The van der Waals surface area contributed by atoms with E-state index in [0.717, 1.165) is 30.4 Å². The van der Waals surface area contributed by atoms with Crippen LogP contribution in [0.2, 0.25) is 0 Å². The van der Waals surface area contributed by atoms with Gasteiger partial charge in [-0.3, -0.25) is 4.98 Å². The van der Waals surface area contributed by atoms with Crippen LogP contribution in [0.5, 0.6) is 6.01 Å². The van der Waals surface area contributed by atoms with Crippen molar-refractivity contribution in [2.45, 2.75) is 19.3 Å². The molecule has 0 aliphatic carbocycles. The normalized spacial score (nSPS) is 10.8. The molecule has 7 heteroatoms. The number of aromatic nitrogens is 4. The number of methoxy groups -OCH3 is 1. The SMILES string of the molecule is COc1nc2cc(-c3cccnc3)cnc2n1C(=O)NCCCCc1ccccc1. The Labute approximate surface area is 174 Å². The number of amides is 1. The van der Waals surface area contributed by atoms with E-state index in [1.807, 2.05) is 36.4 Å². The van der Waals surface area contributed by atoms with Gasteiger partial charge in [0.2, 0.25) is 0 Å². The Morgan fingerprint density at radius 2 is 1.93 bits per heavy atom. The Morgan fingerprint density at radius 3 is 2.70 bits per heavy atom. The molecule has 4 rings (SSSR count). The van der Waals surface area contributed by atoms with Crippen LogP contribution in [-0.4, -0.2) is 39.2 Å². The lowest BCUT2D eigenvalue weighted by Gasteiger charge is -2.08. The summed E-state index contributed by atoms with van der Waals surface area (Å²) in [5.41, 5.74) is 4.17. The van der Waals surface area contributed by atoms with Crippen molar-refractivity contribution in [2.24, 2.45) is 0 Å². The second kappa shape index (κ2) is 9.17. The molecule has 0 saturated heterocycles. The number of unbranched alkanes of at least 4 members (excludes halogenated alkanes) is 1. The summed E-state index contributed by atoms with van der Waals surface area (Å²) in [7, 11) is 1.49. The van der Waals surface area contributed by atoms with E-state index >= 15 is 0 Å². The van der Waals surface area contributed by atoms with Gasteiger partial charge in [-0.25, -0.2) is 9.78 Å². The maximum atomic E-state index is 12.8. The number of carbonyl (C=O) groups is 1. The molecule has 4 aromatic rings. The third-order valence-electron chi connectivity index (χ3n) is 4.86. The van der Waals surface area contributed by atoms with Gasteiger partial charge in [0.25, 0.3) is 0 Å². The Morgan fingerprint density at radius 1 is 1.07 bits per heavy atom. The van der Waals surface area contributed by atoms with Crippen molar-refractivity contribution < 1.29 is 9.53 Å². The second-order valence-electron chi connectivity index (χ2n) is 6.92. The predicted molar refractivity (Wildman–Crippen MR) is 115 cm³/mol. The van der Waals surface area contributed by atoms with Crippen molar-refractivity contribution in [1.29, 1.82) is 0 Å². The molecule has 1 amide bonds. The van der Waals surface area contributed by atoms with E-state index in [1.54, 1.807) is 18.6 Å². The molecule has 0 fully saturated rings. The van der Waals surface area contributed by atoms with Crippen molar-refractivity contribution in [3.8, 4) is 17.1 Å². The van der Waals surface area contributed by atoms with E-state index in [2.05, 4.69) is 32.4 Å². The fourth-order valence-corrected chi connectivity index (χ4v) is 3.33. The second-order valence-corrected chi connectivity index (χ2v) is 6.92. The number of pyridine rings is 2. The minimum atomic E-state index is -0.296. The first-order valence-corrected chi connectivity index (χ1v) is 9.91. The minimum absolute atomic E-state index is 0.211. The van der Waals surface area contributed by atoms with Gasteiger partial charge in [-0.2, -0.15) is 9.55 Å². The minimum Gasteiger partial charge on any atom is -0.468 e. The van der Waals surface area contributed by atoms with E-state index in [1.165, 1.54) is 17.2 Å². The number of benzene rings is 1. The molecule has 7 nitrogen and oxygen atoms in total. The van der Waals surface area contributed by atoms with Crippen molar-refractivity contribution in [3.05, 3.63) is 72.7 Å². The molecule has 0 aliphatic rings. The third-order valence-corrected chi connectivity index (χ3v) is 4.86. The van der Waals surface area contributed by atoms with Crippen LogP contribution in [0.4, 0.5) is 4.79 Å². The number of rotatable bonds is 7. The lowest BCUT2D eigenvalue weighted by Crippen LogP contribution is -2.29. The van der Waals surface area contributed by atoms with Gasteiger partial charge in [0.1, 0.15) is 5.52 Å². The first kappa shape index (κ1) is 19.6. The molecule has 1 N–H and O–H groups in total. The zero-order valence-corrected chi connectivity index (χ0v) is 16.8. The highest BCUT2D eigenvalue weighted by molar-refractivity contribution is 5.90. The summed E-state index contributed by atoms with van der Waals surface area (Å²) in [5.74, 6) is 0.